The normalized spacial score (nSPS) is 20.4. The fraction of sp³-hybridized carbons (Fsp3) is 0.538. The molecule has 34 heavy (non-hydrogen) atoms. The standard InChI is InChI=1S/C26H34N4O2S2/c1-4-19(3)24-27-25(23-21-11-10-18(2)16-22(21)33-26(23)28-24)29-12-14-30(15-13-29)34(31,32)17-20-8-6-5-7-9-20/h5-9,18-19H,4,10-17H2,1-3H3/t18-,19-/m1/s1. The summed E-state index contributed by atoms with van der Waals surface area (Å²) in [6, 6.07) is 9.44. The van der Waals surface area contributed by atoms with Gasteiger partial charge in [0.2, 0.25) is 10.0 Å². The van der Waals surface area contributed by atoms with Crippen LogP contribution in [0.25, 0.3) is 10.2 Å². The number of sulfonamides is 1. The summed E-state index contributed by atoms with van der Waals surface area (Å²) in [7, 11) is -3.34. The van der Waals surface area contributed by atoms with E-state index in [2.05, 4.69) is 25.7 Å². The maximum Gasteiger partial charge on any atom is 0.218 e. The van der Waals surface area contributed by atoms with Crippen molar-refractivity contribution in [2.45, 2.75) is 58.1 Å². The number of nitrogens with zero attached hydrogens (tertiary/aromatic N) is 4. The number of hydrogen-bond acceptors (Lipinski definition) is 6. The average Bonchev–Trinajstić information content (AvgIpc) is 3.20. The summed E-state index contributed by atoms with van der Waals surface area (Å²) in [5.74, 6) is 3.00. The van der Waals surface area contributed by atoms with Crippen LogP contribution < -0.4 is 4.90 Å². The summed E-state index contributed by atoms with van der Waals surface area (Å²) < 4.78 is 27.8. The fourth-order valence-corrected chi connectivity index (χ4v) is 7.93. The van der Waals surface area contributed by atoms with E-state index in [1.54, 1.807) is 4.31 Å². The van der Waals surface area contributed by atoms with E-state index >= 15 is 0 Å². The molecule has 0 unspecified atom stereocenters. The molecule has 2 atom stereocenters. The van der Waals surface area contributed by atoms with E-state index in [0.29, 0.717) is 38.0 Å². The number of thiophene rings is 1. The summed E-state index contributed by atoms with van der Waals surface area (Å²) >= 11 is 1.85. The van der Waals surface area contributed by atoms with Crippen molar-refractivity contribution in [1.82, 2.24) is 14.3 Å². The minimum atomic E-state index is -3.34. The molecule has 2 aliphatic rings. The third-order valence-corrected chi connectivity index (χ3v) is 10.3. The Morgan fingerprint density at radius 2 is 1.85 bits per heavy atom. The molecule has 1 fully saturated rings. The van der Waals surface area contributed by atoms with Crippen molar-refractivity contribution in [1.29, 1.82) is 0 Å². The molecule has 0 N–H and O–H groups in total. The van der Waals surface area contributed by atoms with Gasteiger partial charge in [-0.1, -0.05) is 51.1 Å². The highest BCUT2D eigenvalue weighted by atomic mass is 32.2. The highest BCUT2D eigenvalue weighted by Crippen LogP contribution is 2.42. The predicted molar refractivity (Wildman–Crippen MR) is 140 cm³/mol. The van der Waals surface area contributed by atoms with Gasteiger partial charge in [0.25, 0.3) is 0 Å². The molecular weight excluding hydrogens is 464 g/mol. The Kier molecular flexibility index (Phi) is 6.66. The van der Waals surface area contributed by atoms with Crippen molar-refractivity contribution in [2.24, 2.45) is 5.92 Å². The second-order valence-corrected chi connectivity index (χ2v) is 12.9. The molecule has 1 saturated heterocycles. The van der Waals surface area contributed by atoms with Crippen molar-refractivity contribution in [2.75, 3.05) is 31.1 Å². The third-order valence-electron chi connectivity index (χ3n) is 7.33. The van der Waals surface area contributed by atoms with Gasteiger partial charge in [0, 0.05) is 37.0 Å². The number of hydrogen-bond donors (Lipinski definition) is 0. The van der Waals surface area contributed by atoms with E-state index in [9.17, 15) is 8.42 Å². The van der Waals surface area contributed by atoms with Gasteiger partial charge in [-0.15, -0.1) is 11.3 Å². The summed E-state index contributed by atoms with van der Waals surface area (Å²) in [5, 5.41) is 1.22. The van der Waals surface area contributed by atoms with Crippen LogP contribution in [0.4, 0.5) is 5.82 Å². The van der Waals surface area contributed by atoms with Gasteiger partial charge in [-0.25, -0.2) is 18.4 Å². The first-order chi connectivity index (χ1) is 16.4. The lowest BCUT2D eigenvalue weighted by Gasteiger charge is -2.35. The summed E-state index contributed by atoms with van der Waals surface area (Å²) in [4.78, 5) is 15.0. The van der Waals surface area contributed by atoms with Gasteiger partial charge < -0.3 is 4.90 Å². The Morgan fingerprint density at radius 1 is 1.12 bits per heavy atom. The molecule has 2 aromatic heterocycles. The molecule has 182 valence electrons. The lowest BCUT2D eigenvalue weighted by atomic mass is 9.89. The van der Waals surface area contributed by atoms with Crippen molar-refractivity contribution >= 4 is 37.4 Å². The van der Waals surface area contributed by atoms with Crippen LogP contribution in [0.2, 0.25) is 0 Å². The second kappa shape index (κ2) is 9.55. The maximum absolute atomic E-state index is 13.1. The molecule has 3 heterocycles. The van der Waals surface area contributed by atoms with Crippen LogP contribution in [0.15, 0.2) is 30.3 Å². The highest BCUT2D eigenvalue weighted by molar-refractivity contribution is 7.88. The van der Waals surface area contributed by atoms with E-state index < -0.39 is 10.0 Å². The Balaban J connectivity index is 1.43. The topological polar surface area (TPSA) is 66.4 Å². The molecule has 5 rings (SSSR count). The number of rotatable bonds is 6. The highest BCUT2D eigenvalue weighted by Gasteiger charge is 2.31. The van der Waals surface area contributed by atoms with E-state index in [-0.39, 0.29) is 5.75 Å². The molecule has 8 heteroatoms. The van der Waals surface area contributed by atoms with Crippen LogP contribution in [0, 0.1) is 5.92 Å². The Bertz CT molecular complexity index is 1260. The Labute approximate surface area is 207 Å². The van der Waals surface area contributed by atoms with Gasteiger partial charge >= 0.3 is 0 Å². The quantitative estimate of drug-likeness (QED) is 0.479. The van der Waals surface area contributed by atoms with Gasteiger partial charge in [-0.2, -0.15) is 4.31 Å². The molecule has 3 aromatic rings. The first-order valence-electron chi connectivity index (χ1n) is 12.4. The lowest BCUT2D eigenvalue weighted by molar-refractivity contribution is 0.383. The molecular formula is C26H34N4O2S2. The van der Waals surface area contributed by atoms with Crippen LogP contribution in [0.3, 0.4) is 0 Å². The third kappa shape index (κ3) is 4.60. The van der Waals surface area contributed by atoms with Gasteiger partial charge in [0.05, 0.1) is 11.1 Å². The predicted octanol–water partition coefficient (Wildman–Crippen LogP) is 4.98. The van der Waals surface area contributed by atoms with Gasteiger partial charge in [-0.05, 0) is 42.7 Å². The van der Waals surface area contributed by atoms with E-state index in [1.807, 2.05) is 41.7 Å². The monoisotopic (exact) mass is 498 g/mol. The van der Waals surface area contributed by atoms with Crippen LogP contribution in [0.1, 0.15) is 61.4 Å². The number of aryl methyl sites for hydroxylation is 1. The van der Waals surface area contributed by atoms with Crippen LogP contribution >= 0.6 is 11.3 Å². The number of benzene rings is 1. The molecule has 1 aliphatic heterocycles. The average molecular weight is 499 g/mol. The molecule has 0 radical (unpaired) electrons. The molecule has 0 amide bonds. The SMILES string of the molecule is CC[C@@H](C)c1nc(N2CCN(S(=O)(=O)Cc3ccccc3)CC2)c2c3c(sc2n1)C[C@H](C)CC3. The molecule has 1 aliphatic carbocycles. The van der Waals surface area contributed by atoms with Gasteiger partial charge in [0.1, 0.15) is 16.5 Å². The van der Waals surface area contributed by atoms with Gasteiger partial charge in [-0.3, -0.25) is 0 Å². The summed E-state index contributed by atoms with van der Waals surface area (Å²) in [5.41, 5.74) is 2.27. The number of aromatic nitrogens is 2. The first kappa shape index (κ1) is 23.7. The lowest BCUT2D eigenvalue weighted by Crippen LogP contribution is -2.49. The largest absolute Gasteiger partial charge is 0.353 e. The zero-order chi connectivity index (χ0) is 23.9. The van der Waals surface area contributed by atoms with E-state index in [0.717, 1.165) is 41.3 Å². The maximum atomic E-state index is 13.1. The molecule has 1 aromatic carbocycles. The number of anilines is 1. The van der Waals surface area contributed by atoms with Crippen LogP contribution in [-0.4, -0.2) is 48.9 Å². The van der Waals surface area contributed by atoms with Crippen molar-refractivity contribution in [3.63, 3.8) is 0 Å². The summed E-state index contributed by atoms with van der Waals surface area (Å²) in [6.45, 7) is 8.98. The van der Waals surface area contributed by atoms with Crippen molar-refractivity contribution in [3.05, 3.63) is 52.2 Å². The minimum Gasteiger partial charge on any atom is -0.353 e. The Morgan fingerprint density at radius 3 is 2.56 bits per heavy atom. The van der Waals surface area contributed by atoms with Crippen LogP contribution in [0.5, 0.6) is 0 Å². The molecule has 6 nitrogen and oxygen atoms in total. The Hall–Kier alpha value is -2.03. The minimum absolute atomic E-state index is 0.0555. The smallest absolute Gasteiger partial charge is 0.218 e. The molecule has 0 saturated carbocycles. The fourth-order valence-electron chi connectivity index (χ4n) is 5.03. The molecule has 0 spiro atoms. The zero-order valence-corrected chi connectivity index (χ0v) is 22.0. The summed E-state index contributed by atoms with van der Waals surface area (Å²) in [6.07, 6.45) is 4.41. The van der Waals surface area contributed by atoms with Gasteiger partial charge in [0.15, 0.2) is 0 Å². The number of fused-ring (bicyclic) bond motifs is 3. The van der Waals surface area contributed by atoms with Crippen molar-refractivity contribution in [3.8, 4) is 0 Å². The van der Waals surface area contributed by atoms with Crippen molar-refractivity contribution < 1.29 is 8.42 Å². The van der Waals surface area contributed by atoms with E-state index in [4.69, 9.17) is 9.97 Å². The first-order valence-corrected chi connectivity index (χ1v) is 14.9. The zero-order valence-electron chi connectivity index (χ0n) is 20.3. The second-order valence-electron chi connectivity index (χ2n) is 9.87. The van der Waals surface area contributed by atoms with E-state index in [1.165, 1.54) is 22.2 Å². The number of piperazine rings is 1. The molecule has 0 bridgehead atoms. The van der Waals surface area contributed by atoms with Crippen LogP contribution in [-0.2, 0) is 28.6 Å².